The molecule has 0 aliphatic heterocycles. The maximum atomic E-state index is 3.45. The summed E-state index contributed by atoms with van der Waals surface area (Å²) >= 11 is 0. The van der Waals surface area contributed by atoms with Crippen LogP contribution < -0.4 is 0 Å². The molecule has 0 amide bonds. The molecule has 0 saturated carbocycles. The first-order valence-electron chi connectivity index (χ1n) is 4.64. The first kappa shape index (κ1) is 8.58. The first-order chi connectivity index (χ1) is 5.33. The van der Waals surface area contributed by atoms with Crippen LogP contribution in [0.2, 0.25) is 0 Å². The van der Waals surface area contributed by atoms with Gasteiger partial charge in [0, 0.05) is 0 Å². The molecule has 0 heteroatoms. The fourth-order valence-electron chi connectivity index (χ4n) is 1.78. The van der Waals surface area contributed by atoms with E-state index >= 15 is 0 Å². The molecular weight excluding hydrogens is 132 g/mol. The second-order valence-electron chi connectivity index (χ2n) is 2.97. The Labute approximate surface area is 70.0 Å². The first-order valence-corrected chi connectivity index (χ1v) is 4.64. The highest BCUT2D eigenvalue weighted by atomic mass is 14.2. The summed E-state index contributed by atoms with van der Waals surface area (Å²) in [5.74, 6) is 0. The lowest BCUT2D eigenvalue weighted by atomic mass is 10.0. The lowest BCUT2D eigenvalue weighted by Crippen LogP contribution is -1.86. The summed E-state index contributed by atoms with van der Waals surface area (Å²) in [7, 11) is 0. The van der Waals surface area contributed by atoms with E-state index in [9.17, 15) is 0 Å². The topological polar surface area (TPSA) is 0 Å². The lowest BCUT2D eigenvalue weighted by molar-refractivity contribution is 0.973. The van der Waals surface area contributed by atoms with Crippen molar-refractivity contribution in [1.82, 2.24) is 0 Å². The molecule has 0 unspecified atom stereocenters. The highest BCUT2D eigenvalue weighted by Crippen LogP contribution is 2.31. The molecule has 0 bridgehead atoms. The summed E-state index contributed by atoms with van der Waals surface area (Å²) in [6, 6.07) is 0. The molecule has 0 atom stereocenters. The van der Waals surface area contributed by atoms with Crippen LogP contribution in [0.4, 0.5) is 0 Å². The van der Waals surface area contributed by atoms with E-state index in [0.717, 1.165) is 12.8 Å². The molecule has 1 rings (SSSR count). The summed E-state index contributed by atoms with van der Waals surface area (Å²) in [6.07, 6.45) is 8.11. The van der Waals surface area contributed by atoms with Crippen LogP contribution >= 0.6 is 0 Å². The van der Waals surface area contributed by atoms with Gasteiger partial charge in [-0.05, 0) is 42.9 Å². The summed E-state index contributed by atoms with van der Waals surface area (Å²) in [5.41, 5.74) is 4.68. The van der Waals surface area contributed by atoms with Gasteiger partial charge in [0.05, 0.1) is 0 Å². The zero-order valence-corrected chi connectivity index (χ0v) is 7.83. The van der Waals surface area contributed by atoms with Crippen molar-refractivity contribution in [3.63, 3.8) is 0 Å². The van der Waals surface area contributed by atoms with Crippen LogP contribution in [0.5, 0.6) is 0 Å². The number of hydrogen-bond acceptors (Lipinski definition) is 0. The smallest absolute Gasteiger partial charge is 0.00555 e. The minimum Gasteiger partial charge on any atom is -0.0626 e. The van der Waals surface area contributed by atoms with Gasteiger partial charge in [0.25, 0.3) is 0 Å². The SMILES string of the molecule is CCC1=[C]CC(CC)=C1CC. The maximum absolute atomic E-state index is 3.45. The second kappa shape index (κ2) is 3.75. The van der Waals surface area contributed by atoms with Crippen LogP contribution in [-0.4, -0.2) is 0 Å². The molecule has 0 aromatic rings. The third kappa shape index (κ3) is 1.55. The van der Waals surface area contributed by atoms with Gasteiger partial charge in [0.15, 0.2) is 0 Å². The average molecular weight is 149 g/mol. The van der Waals surface area contributed by atoms with Crippen molar-refractivity contribution in [2.45, 2.75) is 46.5 Å². The van der Waals surface area contributed by atoms with E-state index < -0.39 is 0 Å². The van der Waals surface area contributed by atoms with Gasteiger partial charge in [0.2, 0.25) is 0 Å². The van der Waals surface area contributed by atoms with Gasteiger partial charge in [-0.2, -0.15) is 0 Å². The van der Waals surface area contributed by atoms with Crippen LogP contribution in [0.3, 0.4) is 0 Å². The molecule has 0 aromatic carbocycles. The van der Waals surface area contributed by atoms with E-state index in [0.29, 0.717) is 0 Å². The van der Waals surface area contributed by atoms with Gasteiger partial charge in [-0.15, -0.1) is 0 Å². The predicted molar refractivity (Wildman–Crippen MR) is 49.3 cm³/mol. The van der Waals surface area contributed by atoms with Crippen molar-refractivity contribution in [2.75, 3.05) is 0 Å². The number of rotatable bonds is 3. The third-order valence-corrected chi connectivity index (χ3v) is 2.44. The van der Waals surface area contributed by atoms with E-state index in [2.05, 4.69) is 26.8 Å². The van der Waals surface area contributed by atoms with Gasteiger partial charge in [-0.1, -0.05) is 26.3 Å². The van der Waals surface area contributed by atoms with E-state index in [1.165, 1.54) is 18.4 Å². The van der Waals surface area contributed by atoms with Crippen LogP contribution in [0.15, 0.2) is 16.7 Å². The van der Waals surface area contributed by atoms with Gasteiger partial charge in [-0.3, -0.25) is 0 Å². The maximum Gasteiger partial charge on any atom is -0.00555 e. The predicted octanol–water partition coefficient (Wildman–Crippen LogP) is 3.65. The monoisotopic (exact) mass is 149 g/mol. The zero-order chi connectivity index (χ0) is 8.27. The molecule has 0 N–H and O–H groups in total. The van der Waals surface area contributed by atoms with Gasteiger partial charge in [0.1, 0.15) is 0 Å². The minimum atomic E-state index is 1.10. The Morgan fingerprint density at radius 2 is 1.82 bits per heavy atom. The average Bonchev–Trinajstić information content (AvgIpc) is 2.45. The zero-order valence-electron chi connectivity index (χ0n) is 7.83. The Morgan fingerprint density at radius 3 is 2.27 bits per heavy atom. The molecule has 0 fully saturated rings. The molecule has 0 aromatic heterocycles. The fraction of sp³-hybridized carbons (Fsp3) is 0.636. The van der Waals surface area contributed by atoms with E-state index in [1.54, 1.807) is 11.1 Å². The van der Waals surface area contributed by atoms with Gasteiger partial charge >= 0.3 is 0 Å². The summed E-state index contributed by atoms with van der Waals surface area (Å²) in [6.45, 7) is 6.70. The molecule has 0 nitrogen and oxygen atoms in total. The van der Waals surface area contributed by atoms with Gasteiger partial charge in [-0.25, -0.2) is 0 Å². The molecular formula is C11H17. The Hall–Kier alpha value is -0.520. The molecule has 1 radical (unpaired) electrons. The molecule has 61 valence electrons. The Bertz CT molecular complexity index is 194. The Morgan fingerprint density at radius 1 is 1.09 bits per heavy atom. The molecule has 1 aliphatic carbocycles. The van der Waals surface area contributed by atoms with Crippen LogP contribution in [0.25, 0.3) is 0 Å². The Kier molecular flexibility index (Phi) is 2.92. The normalized spacial score (nSPS) is 17.5. The molecule has 0 saturated heterocycles. The van der Waals surface area contributed by atoms with Crippen LogP contribution in [0.1, 0.15) is 46.5 Å². The molecule has 1 aliphatic rings. The minimum absolute atomic E-state index is 1.10. The quantitative estimate of drug-likeness (QED) is 0.574. The number of hydrogen-bond donors (Lipinski definition) is 0. The van der Waals surface area contributed by atoms with Crippen molar-refractivity contribution >= 4 is 0 Å². The third-order valence-electron chi connectivity index (χ3n) is 2.44. The summed E-state index contributed by atoms with van der Waals surface area (Å²) < 4.78 is 0. The molecule has 0 heterocycles. The van der Waals surface area contributed by atoms with Crippen molar-refractivity contribution in [3.8, 4) is 0 Å². The largest absolute Gasteiger partial charge is 0.0626 e. The number of allylic oxidation sites excluding steroid dienone is 4. The van der Waals surface area contributed by atoms with Crippen LogP contribution in [-0.2, 0) is 0 Å². The fourth-order valence-corrected chi connectivity index (χ4v) is 1.78. The van der Waals surface area contributed by atoms with Crippen molar-refractivity contribution in [3.05, 3.63) is 22.8 Å². The standard InChI is InChI=1S/C11H17/c1-4-9-7-8-10(5-2)11(9)6-3/h4-7H2,1-3H3. The summed E-state index contributed by atoms with van der Waals surface area (Å²) in [4.78, 5) is 0. The van der Waals surface area contributed by atoms with Crippen molar-refractivity contribution in [1.29, 1.82) is 0 Å². The Balaban J connectivity index is 2.80. The van der Waals surface area contributed by atoms with Crippen molar-refractivity contribution < 1.29 is 0 Å². The molecule has 0 spiro atoms. The molecule has 11 heavy (non-hydrogen) atoms. The summed E-state index contributed by atoms with van der Waals surface area (Å²) in [5, 5.41) is 0. The van der Waals surface area contributed by atoms with Crippen molar-refractivity contribution in [2.24, 2.45) is 0 Å². The van der Waals surface area contributed by atoms with E-state index in [-0.39, 0.29) is 0 Å². The lowest BCUT2D eigenvalue weighted by Gasteiger charge is -2.05. The highest BCUT2D eigenvalue weighted by Gasteiger charge is 2.12. The second-order valence-corrected chi connectivity index (χ2v) is 2.97. The van der Waals surface area contributed by atoms with Crippen LogP contribution in [0, 0.1) is 6.08 Å². The van der Waals surface area contributed by atoms with Gasteiger partial charge < -0.3 is 0 Å². The highest BCUT2D eigenvalue weighted by molar-refractivity contribution is 5.39. The van der Waals surface area contributed by atoms with E-state index in [4.69, 9.17) is 0 Å². The van der Waals surface area contributed by atoms with E-state index in [1.807, 2.05) is 0 Å².